The summed E-state index contributed by atoms with van der Waals surface area (Å²) in [5, 5.41) is 21.5. The Labute approximate surface area is 199 Å². The van der Waals surface area contributed by atoms with E-state index < -0.39 is 0 Å². The molecule has 2 saturated carbocycles. The van der Waals surface area contributed by atoms with Crippen LogP contribution in [0.4, 0.5) is 0 Å². The normalized spacial score (nSPS) is 27.7. The van der Waals surface area contributed by atoms with Gasteiger partial charge in [-0.15, -0.1) is 35.9 Å². The van der Waals surface area contributed by atoms with Crippen molar-refractivity contribution in [2.24, 2.45) is 22.7 Å². The summed E-state index contributed by atoms with van der Waals surface area (Å²) in [5.74, 6) is 0.630. The fourth-order valence-electron chi connectivity index (χ4n) is 5.44. The van der Waals surface area contributed by atoms with E-state index in [-0.39, 0.29) is 49.1 Å². The van der Waals surface area contributed by atoms with E-state index in [0.717, 1.165) is 29.6 Å². The summed E-state index contributed by atoms with van der Waals surface area (Å²) in [5.41, 5.74) is 3.02. The Bertz CT molecular complexity index is 994. The molecule has 0 bridgehead atoms. The average molecular weight is 595 g/mol. The third-order valence-corrected chi connectivity index (χ3v) is 7.03. The number of benzene rings is 2. The summed E-state index contributed by atoms with van der Waals surface area (Å²) in [4.78, 5) is 4.61. The molecule has 2 atom stereocenters. The molecule has 1 aromatic heterocycles. The number of pyridine rings is 1. The zero-order valence-corrected chi connectivity index (χ0v) is 21.1. The molecule has 2 unspecified atom stereocenters. The van der Waals surface area contributed by atoms with Gasteiger partial charge in [-0.2, -0.15) is 0 Å². The van der Waals surface area contributed by atoms with Gasteiger partial charge in [0, 0.05) is 26.0 Å². The fraction of sp³-hybridized carbons (Fsp3) is 0.444. The van der Waals surface area contributed by atoms with Crippen molar-refractivity contribution in [3.8, 4) is 11.3 Å². The van der Waals surface area contributed by atoms with Crippen molar-refractivity contribution in [2.75, 3.05) is 0 Å². The van der Waals surface area contributed by atoms with Crippen LogP contribution in [0, 0.1) is 28.7 Å². The Balaban J connectivity index is 0.000000172. The molecule has 4 heteroatoms. The first-order valence-electron chi connectivity index (χ1n) is 10.9. The average Bonchev–Trinajstić information content (AvgIpc) is 3.08. The molecule has 2 fully saturated rings. The van der Waals surface area contributed by atoms with E-state index in [9.17, 15) is 10.2 Å². The quantitative estimate of drug-likeness (QED) is 0.366. The van der Waals surface area contributed by atoms with Gasteiger partial charge < -0.3 is 10.2 Å². The Hall–Kier alpha value is -1.58. The molecule has 31 heavy (non-hydrogen) atoms. The molecule has 2 N–H and O–H groups in total. The second kappa shape index (κ2) is 9.11. The number of hydrogen-bond donors (Lipinski definition) is 2. The van der Waals surface area contributed by atoms with Crippen LogP contribution in [-0.2, 0) is 20.1 Å². The number of aromatic nitrogens is 1. The molecule has 167 valence electrons. The molecule has 3 nitrogen and oxygen atoms in total. The molecule has 2 aromatic carbocycles. The maximum atomic E-state index is 10.2. The zero-order chi connectivity index (χ0) is 21.5. The van der Waals surface area contributed by atoms with Gasteiger partial charge in [0.15, 0.2) is 0 Å². The number of hydrogen-bond acceptors (Lipinski definition) is 3. The van der Waals surface area contributed by atoms with Gasteiger partial charge in [-0.1, -0.05) is 58.0 Å². The third-order valence-electron chi connectivity index (χ3n) is 7.03. The Morgan fingerprint density at radius 3 is 2.03 bits per heavy atom. The molecule has 2 aliphatic carbocycles. The molecule has 1 heterocycles. The van der Waals surface area contributed by atoms with E-state index in [4.69, 9.17) is 0 Å². The van der Waals surface area contributed by atoms with E-state index in [1.807, 2.05) is 48.5 Å². The van der Waals surface area contributed by atoms with Crippen LogP contribution >= 0.6 is 0 Å². The van der Waals surface area contributed by atoms with Crippen molar-refractivity contribution in [2.45, 2.75) is 52.7 Å². The molecule has 5 rings (SSSR count). The fourth-order valence-corrected chi connectivity index (χ4v) is 5.44. The summed E-state index contributed by atoms with van der Waals surface area (Å²) in [6, 6.07) is 23.4. The molecule has 0 saturated heterocycles. The zero-order valence-electron chi connectivity index (χ0n) is 18.7. The maximum absolute atomic E-state index is 10.2. The van der Waals surface area contributed by atoms with Gasteiger partial charge >= 0.3 is 0 Å². The van der Waals surface area contributed by atoms with Crippen LogP contribution < -0.4 is 0 Å². The van der Waals surface area contributed by atoms with Crippen LogP contribution in [0.15, 0.2) is 60.7 Å². The van der Waals surface area contributed by atoms with Crippen LogP contribution in [0.5, 0.6) is 0 Å². The predicted octanol–water partition coefficient (Wildman–Crippen LogP) is 5.50. The summed E-state index contributed by atoms with van der Waals surface area (Å²) >= 11 is 0. The van der Waals surface area contributed by atoms with Crippen LogP contribution in [0.3, 0.4) is 0 Å². The van der Waals surface area contributed by atoms with Crippen molar-refractivity contribution in [3.05, 3.63) is 66.7 Å². The second-order valence-electron chi connectivity index (χ2n) is 10.3. The first-order chi connectivity index (χ1) is 14.2. The van der Waals surface area contributed by atoms with Gasteiger partial charge in [-0.3, -0.25) is 4.98 Å². The van der Waals surface area contributed by atoms with Gasteiger partial charge in [-0.25, -0.2) is 0 Å². The molecular formula is C27H32IrNO2-. The number of nitrogens with zero attached hydrogens (tertiary/aromatic N) is 1. The number of rotatable bonds is 1. The SMILES string of the molecule is CC1(C)CC2CC(C)(C)C(O)C2C1O.[Ir].[c-]1ccccc1-c1ccc2ccccc2n1. The summed E-state index contributed by atoms with van der Waals surface area (Å²) < 4.78 is 0. The number of fused-ring (bicyclic) bond motifs is 2. The van der Waals surface area contributed by atoms with Crippen molar-refractivity contribution < 1.29 is 30.3 Å². The van der Waals surface area contributed by atoms with Gasteiger partial charge in [0.1, 0.15) is 0 Å². The second-order valence-corrected chi connectivity index (χ2v) is 10.3. The van der Waals surface area contributed by atoms with Crippen molar-refractivity contribution >= 4 is 10.9 Å². The minimum atomic E-state index is -0.329. The van der Waals surface area contributed by atoms with Crippen LogP contribution in [0.2, 0.25) is 0 Å². The Kier molecular flexibility index (Phi) is 7.08. The van der Waals surface area contributed by atoms with E-state index in [1.165, 1.54) is 5.39 Å². The summed E-state index contributed by atoms with van der Waals surface area (Å²) in [7, 11) is 0. The monoisotopic (exact) mass is 595 g/mol. The molecule has 3 aromatic rings. The maximum Gasteiger partial charge on any atom is 0.0646 e. The van der Waals surface area contributed by atoms with Gasteiger partial charge in [-0.05, 0) is 46.7 Å². The Morgan fingerprint density at radius 2 is 1.45 bits per heavy atom. The Morgan fingerprint density at radius 1 is 0.839 bits per heavy atom. The number of aliphatic hydroxyl groups excluding tert-OH is 2. The number of aliphatic hydroxyl groups is 2. The first-order valence-corrected chi connectivity index (χ1v) is 10.9. The minimum Gasteiger partial charge on any atom is -0.392 e. The van der Waals surface area contributed by atoms with Crippen LogP contribution in [0.1, 0.15) is 40.5 Å². The first kappa shape index (κ1) is 24.1. The summed E-state index contributed by atoms with van der Waals surface area (Å²) in [6.45, 7) is 8.43. The van der Waals surface area contributed by atoms with Crippen LogP contribution in [0.25, 0.3) is 22.2 Å². The smallest absolute Gasteiger partial charge is 0.0646 e. The van der Waals surface area contributed by atoms with Crippen molar-refractivity contribution in [1.29, 1.82) is 0 Å². The van der Waals surface area contributed by atoms with Gasteiger partial charge in [0.25, 0.3) is 0 Å². The third kappa shape index (κ3) is 4.78. The molecule has 2 aliphatic rings. The van der Waals surface area contributed by atoms with Gasteiger partial charge in [0.05, 0.1) is 17.7 Å². The summed E-state index contributed by atoms with van der Waals surface area (Å²) in [6.07, 6.45) is 1.45. The van der Waals surface area contributed by atoms with E-state index in [1.54, 1.807) is 0 Å². The van der Waals surface area contributed by atoms with Crippen molar-refractivity contribution in [3.63, 3.8) is 0 Å². The topological polar surface area (TPSA) is 53.4 Å². The van der Waals surface area contributed by atoms with E-state index >= 15 is 0 Å². The number of para-hydroxylation sites is 1. The standard InChI is InChI=1S/C15H10N.C12H22O2.Ir/c1-2-6-12(7-3-1)15-11-10-13-8-4-5-9-14(13)16-15;1-11(2)5-7-6-12(3,4)10(14)8(7)9(11)13;/h1-6,8-11H;7-10,13-14H,5-6H2,1-4H3;/q-1;;. The molecule has 1 radical (unpaired) electrons. The van der Waals surface area contributed by atoms with E-state index in [2.05, 4.69) is 50.9 Å². The van der Waals surface area contributed by atoms with Crippen molar-refractivity contribution in [1.82, 2.24) is 4.98 Å². The largest absolute Gasteiger partial charge is 0.392 e. The van der Waals surface area contributed by atoms with Gasteiger partial charge in [0.2, 0.25) is 0 Å². The minimum absolute atomic E-state index is 0. The van der Waals surface area contributed by atoms with E-state index in [0.29, 0.717) is 5.92 Å². The predicted molar refractivity (Wildman–Crippen MR) is 122 cm³/mol. The molecule has 0 spiro atoms. The molecule has 0 amide bonds. The van der Waals surface area contributed by atoms with Crippen LogP contribution in [-0.4, -0.2) is 27.4 Å². The molecular weight excluding hydrogens is 563 g/mol. The molecule has 0 aliphatic heterocycles.